The van der Waals surface area contributed by atoms with Crippen molar-refractivity contribution in [1.29, 1.82) is 0 Å². The van der Waals surface area contributed by atoms with Crippen LogP contribution in [0, 0.1) is 0 Å². The van der Waals surface area contributed by atoms with Gasteiger partial charge >= 0.3 is 6.03 Å². The van der Waals surface area contributed by atoms with E-state index in [-0.39, 0.29) is 23.1 Å². The number of anilines is 1. The number of amides is 2. The molecule has 152 valence electrons. The van der Waals surface area contributed by atoms with E-state index < -0.39 is 15.9 Å². The maximum Gasteiger partial charge on any atom is 0.353 e. The number of carbonyl (C=O) groups is 1. The number of hydrogen-bond donors (Lipinski definition) is 1. The third-order valence-electron chi connectivity index (χ3n) is 3.70. The van der Waals surface area contributed by atoms with Crippen molar-refractivity contribution in [3.63, 3.8) is 0 Å². The Labute approximate surface area is 175 Å². The first-order valence-corrected chi connectivity index (χ1v) is 11.8. The zero-order valence-electron chi connectivity index (χ0n) is 16.4. The molecule has 0 aliphatic carbocycles. The molecule has 2 amide bonds. The summed E-state index contributed by atoms with van der Waals surface area (Å²) in [5, 5.41) is 0.621. The lowest BCUT2D eigenvalue weighted by Crippen LogP contribution is -2.41. The smallest absolute Gasteiger partial charge is 0.317 e. The number of benzene rings is 1. The van der Waals surface area contributed by atoms with E-state index in [0.717, 1.165) is 0 Å². The van der Waals surface area contributed by atoms with Gasteiger partial charge in [-0.3, -0.25) is 4.72 Å². The molecule has 0 bridgehead atoms. The van der Waals surface area contributed by atoms with Crippen molar-refractivity contribution >= 4 is 45.1 Å². The van der Waals surface area contributed by atoms with Crippen LogP contribution in [0.3, 0.4) is 0 Å². The van der Waals surface area contributed by atoms with Crippen LogP contribution in [0.2, 0.25) is 5.15 Å². The van der Waals surface area contributed by atoms with Gasteiger partial charge in [0.05, 0.1) is 4.90 Å². The molecule has 1 heterocycles. The fourth-order valence-corrected chi connectivity index (χ4v) is 4.73. The van der Waals surface area contributed by atoms with Crippen LogP contribution in [-0.2, 0) is 9.92 Å². The molecule has 1 atom stereocenters. The number of urea groups is 1. The van der Waals surface area contributed by atoms with Crippen LogP contribution in [0.4, 0.5) is 10.6 Å². The van der Waals surface area contributed by atoms with Crippen molar-refractivity contribution in [2.45, 2.75) is 49.8 Å². The predicted molar refractivity (Wildman–Crippen MR) is 115 cm³/mol. The average molecular weight is 442 g/mol. The van der Waals surface area contributed by atoms with Crippen molar-refractivity contribution in [2.75, 3.05) is 11.0 Å². The first-order chi connectivity index (χ1) is 13.2. The normalized spacial score (nSPS) is 13.3. The van der Waals surface area contributed by atoms with E-state index in [1.54, 1.807) is 41.5 Å². The molecule has 1 unspecified atom stereocenters. The Bertz CT molecular complexity index is 936. The highest BCUT2D eigenvalue weighted by Gasteiger charge is 2.24. The summed E-state index contributed by atoms with van der Waals surface area (Å²) in [5.74, 6) is 0.232. The second kappa shape index (κ2) is 9.58. The summed E-state index contributed by atoms with van der Waals surface area (Å²) in [7, 11) is -3.35. The number of nitrogens with one attached hydrogen (secondary N) is 1. The Balaban J connectivity index is 2.58. The maximum absolute atomic E-state index is 13.8. The first-order valence-electron chi connectivity index (χ1n) is 8.67. The minimum atomic E-state index is -3.35. The van der Waals surface area contributed by atoms with Gasteiger partial charge in [0, 0.05) is 18.2 Å². The Kier molecular flexibility index (Phi) is 7.68. The van der Waals surface area contributed by atoms with Crippen molar-refractivity contribution < 1.29 is 9.00 Å². The predicted octanol–water partition coefficient (Wildman–Crippen LogP) is 4.94. The van der Waals surface area contributed by atoms with E-state index in [9.17, 15) is 9.00 Å². The lowest BCUT2D eigenvalue weighted by atomic mass is 10.2. The van der Waals surface area contributed by atoms with Crippen LogP contribution in [-0.4, -0.2) is 43.4 Å². The molecule has 10 heteroatoms. The summed E-state index contributed by atoms with van der Waals surface area (Å²) >= 11 is 7.34. The van der Waals surface area contributed by atoms with Crippen molar-refractivity contribution in [3.05, 3.63) is 41.6 Å². The van der Waals surface area contributed by atoms with Gasteiger partial charge in [0.1, 0.15) is 11.0 Å². The lowest BCUT2D eigenvalue weighted by molar-refractivity contribution is 0.175. The Morgan fingerprint density at radius 2 is 1.79 bits per heavy atom. The molecule has 0 aliphatic rings. The molecule has 1 N–H and O–H groups in total. The summed E-state index contributed by atoms with van der Waals surface area (Å²) in [6.45, 7) is 7.56. The van der Waals surface area contributed by atoms with Crippen LogP contribution in [0.15, 0.2) is 50.8 Å². The van der Waals surface area contributed by atoms with E-state index >= 15 is 0 Å². The van der Waals surface area contributed by atoms with E-state index in [4.69, 9.17) is 11.6 Å². The summed E-state index contributed by atoms with van der Waals surface area (Å²) in [6.07, 6.45) is 1.81. The van der Waals surface area contributed by atoms with Gasteiger partial charge in [-0.2, -0.15) is 0 Å². The zero-order valence-corrected chi connectivity index (χ0v) is 18.8. The number of halogens is 1. The Morgan fingerprint density at radius 3 is 2.32 bits per heavy atom. The third kappa shape index (κ3) is 5.59. The molecular formula is C18H24ClN5O2S2. The van der Waals surface area contributed by atoms with Crippen LogP contribution >= 0.6 is 23.4 Å². The number of hydrogen-bond acceptors (Lipinski definition) is 5. The highest BCUT2D eigenvalue weighted by molar-refractivity contribution is 7.98. The van der Waals surface area contributed by atoms with Gasteiger partial charge in [0.25, 0.3) is 0 Å². The highest BCUT2D eigenvalue weighted by atomic mass is 35.5. The third-order valence-corrected chi connectivity index (χ3v) is 6.25. The van der Waals surface area contributed by atoms with Crippen molar-refractivity contribution in [1.82, 2.24) is 14.9 Å². The quantitative estimate of drug-likeness (QED) is 0.389. The average Bonchev–Trinajstić information content (AvgIpc) is 2.61. The van der Waals surface area contributed by atoms with E-state index in [0.29, 0.717) is 10.1 Å². The van der Waals surface area contributed by atoms with Gasteiger partial charge in [-0.25, -0.2) is 19.0 Å². The molecule has 1 aromatic carbocycles. The topological polar surface area (TPSA) is 87.5 Å². The van der Waals surface area contributed by atoms with Gasteiger partial charge in [-0.1, -0.05) is 41.6 Å². The second-order valence-electron chi connectivity index (χ2n) is 6.47. The summed E-state index contributed by atoms with van der Waals surface area (Å²) < 4.78 is 20.7. The van der Waals surface area contributed by atoms with E-state index in [1.807, 2.05) is 27.7 Å². The molecule has 1 aromatic heterocycles. The zero-order chi connectivity index (χ0) is 20.9. The fraction of sp³-hybridized carbons (Fsp3) is 0.389. The monoisotopic (exact) mass is 441 g/mol. The molecule has 2 aromatic rings. The highest BCUT2D eigenvalue weighted by Crippen LogP contribution is 2.22. The van der Waals surface area contributed by atoms with Gasteiger partial charge in [-0.15, -0.1) is 4.36 Å². The fourth-order valence-electron chi connectivity index (χ4n) is 2.62. The molecule has 0 aliphatic heterocycles. The standard InChI is InChI=1S/C18H24ClN5O2S2/c1-12(2)24(13(3)4)18(25)23-28(26,14-9-7-6-8-10-14)22-16-11-15(19)20-17(21-16)27-5/h6-13H,1-5H3,(H,20,21,22,23,25,26). The molecular weight excluding hydrogens is 418 g/mol. The molecule has 7 nitrogen and oxygen atoms in total. The molecule has 2 rings (SSSR count). The minimum Gasteiger partial charge on any atom is -0.317 e. The largest absolute Gasteiger partial charge is 0.353 e. The number of carbonyl (C=O) groups excluding carboxylic acids is 1. The maximum atomic E-state index is 13.8. The molecule has 0 saturated heterocycles. The van der Waals surface area contributed by atoms with Gasteiger partial charge in [0.2, 0.25) is 0 Å². The van der Waals surface area contributed by atoms with Crippen LogP contribution in [0.1, 0.15) is 27.7 Å². The van der Waals surface area contributed by atoms with E-state index in [2.05, 4.69) is 19.1 Å². The number of rotatable bonds is 6. The van der Waals surface area contributed by atoms with Crippen molar-refractivity contribution in [3.8, 4) is 0 Å². The van der Waals surface area contributed by atoms with Crippen LogP contribution in [0.5, 0.6) is 0 Å². The number of thioether (sulfide) groups is 1. The van der Waals surface area contributed by atoms with Gasteiger partial charge in [-0.05, 0) is 46.1 Å². The molecule has 28 heavy (non-hydrogen) atoms. The molecule has 0 saturated carbocycles. The Morgan fingerprint density at radius 1 is 1.18 bits per heavy atom. The molecule has 0 spiro atoms. The minimum absolute atomic E-state index is 0.0905. The number of nitrogens with zero attached hydrogens (tertiary/aromatic N) is 4. The van der Waals surface area contributed by atoms with Crippen LogP contribution in [0.25, 0.3) is 0 Å². The molecule has 0 fully saturated rings. The SMILES string of the molecule is CSc1nc(Cl)cc(NS(=O)(=NC(=O)N(C(C)C)C(C)C)c2ccccc2)n1. The second-order valence-corrected chi connectivity index (χ2v) is 9.54. The van der Waals surface area contributed by atoms with Crippen LogP contribution < -0.4 is 4.72 Å². The van der Waals surface area contributed by atoms with E-state index in [1.165, 1.54) is 17.8 Å². The van der Waals surface area contributed by atoms with Crippen molar-refractivity contribution in [2.24, 2.45) is 4.36 Å². The lowest BCUT2D eigenvalue weighted by Gasteiger charge is -2.29. The summed E-state index contributed by atoms with van der Waals surface area (Å²) in [4.78, 5) is 23.2. The van der Waals surface area contributed by atoms with Gasteiger partial charge < -0.3 is 4.90 Å². The summed E-state index contributed by atoms with van der Waals surface area (Å²) in [6, 6.07) is 9.29. The number of aromatic nitrogens is 2. The molecule has 0 radical (unpaired) electrons. The first kappa shape index (κ1) is 22.4. The summed E-state index contributed by atoms with van der Waals surface area (Å²) in [5.41, 5.74) is 0. The Hall–Kier alpha value is -1.84. The van der Waals surface area contributed by atoms with Gasteiger partial charge in [0.15, 0.2) is 15.1 Å².